The molecule has 1 aromatic heterocycles. The molecule has 0 fully saturated rings. The number of halogens is 1. The summed E-state index contributed by atoms with van der Waals surface area (Å²) >= 11 is 2.19. The van der Waals surface area contributed by atoms with E-state index in [0.717, 1.165) is 14.7 Å². The maximum Gasteiger partial charge on any atom is 0.315 e. The van der Waals surface area contributed by atoms with Gasteiger partial charge in [-0.05, 0) is 71.8 Å². The second kappa shape index (κ2) is 6.66. The fraction of sp³-hybridized carbons (Fsp3) is 0.133. The Morgan fingerprint density at radius 3 is 2.38 bits per heavy atom. The molecule has 0 bridgehead atoms. The second-order valence-corrected chi connectivity index (χ2v) is 5.83. The Bertz CT molecular complexity index is 684. The predicted molar refractivity (Wildman–Crippen MR) is 90.1 cm³/mol. The number of nitrogens with one attached hydrogen (secondary N) is 2. The summed E-state index contributed by atoms with van der Waals surface area (Å²) in [6.45, 7) is 3.77. The van der Waals surface area contributed by atoms with Gasteiger partial charge in [0.1, 0.15) is 5.82 Å². The molecule has 0 saturated heterocycles. The minimum absolute atomic E-state index is 0.347. The third kappa shape index (κ3) is 4.25. The summed E-state index contributed by atoms with van der Waals surface area (Å²) in [6, 6.07) is 9.02. The fourth-order valence-electron chi connectivity index (χ4n) is 1.66. The van der Waals surface area contributed by atoms with E-state index in [2.05, 4.69) is 38.2 Å². The summed E-state index contributed by atoms with van der Waals surface area (Å²) in [6.07, 6.45) is 1.62. The van der Waals surface area contributed by atoms with Crippen molar-refractivity contribution in [1.29, 1.82) is 0 Å². The van der Waals surface area contributed by atoms with Crippen LogP contribution in [0.2, 0.25) is 0 Å². The number of carbonyl (C=O) groups is 2. The molecule has 0 unspecified atom stereocenters. The summed E-state index contributed by atoms with van der Waals surface area (Å²) in [5.41, 5.74) is 2.50. The van der Waals surface area contributed by atoms with Gasteiger partial charge >= 0.3 is 11.8 Å². The lowest BCUT2D eigenvalue weighted by Gasteiger charge is -2.09. The molecule has 21 heavy (non-hydrogen) atoms. The molecule has 6 heteroatoms. The highest BCUT2D eigenvalue weighted by molar-refractivity contribution is 14.1. The monoisotopic (exact) mass is 395 g/mol. The Labute approximate surface area is 136 Å². The van der Waals surface area contributed by atoms with Gasteiger partial charge in [-0.3, -0.25) is 9.59 Å². The standard InChI is InChI=1S/C15H14IN3O2/c1-9-3-6-13(17-8-9)19-15(21)14(20)18-12-5-4-11(16)7-10(12)2/h3-8H,1-2H3,(H,18,20)(H,17,19,21). The van der Waals surface area contributed by atoms with Crippen LogP contribution < -0.4 is 10.6 Å². The topological polar surface area (TPSA) is 71.1 Å². The Balaban J connectivity index is 2.02. The summed E-state index contributed by atoms with van der Waals surface area (Å²) in [7, 11) is 0. The van der Waals surface area contributed by atoms with Crippen LogP contribution in [0.25, 0.3) is 0 Å². The molecule has 2 N–H and O–H groups in total. The zero-order valence-electron chi connectivity index (χ0n) is 11.6. The van der Waals surface area contributed by atoms with Crippen LogP contribution in [0.1, 0.15) is 11.1 Å². The third-order valence-corrected chi connectivity index (χ3v) is 3.47. The van der Waals surface area contributed by atoms with Gasteiger partial charge in [-0.15, -0.1) is 0 Å². The maximum absolute atomic E-state index is 11.9. The number of rotatable bonds is 2. The highest BCUT2D eigenvalue weighted by Crippen LogP contribution is 2.17. The first-order valence-corrected chi connectivity index (χ1v) is 7.35. The smallest absolute Gasteiger partial charge is 0.315 e. The van der Waals surface area contributed by atoms with Gasteiger partial charge in [-0.1, -0.05) is 6.07 Å². The molecule has 108 valence electrons. The van der Waals surface area contributed by atoms with Gasteiger partial charge in [0.2, 0.25) is 0 Å². The number of pyridine rings is 1. The fourth-order valence-corrected chi connectivity index (χ4v) is 2.31. The number of amides is 2. The van der Waals surface area contributed by atoms with Gasteiger partial charge in [0.25, 0.3) is 0 Å². The first-order chi connectivity index (χ1) is 9.95. The van der Waals surface area contributed by atoms with Crippen molar-refractivity contribution in [2.75, 3.05) is 10.6 Å². The van der Waals surface area contributed by atoms with Gasteiger partial charge in [-0.2, -0.15) is 0 Å². The Kier molecular flexibility index (Phi) is 4.89. The minimum atomic E-state index is -0.746. The maximum atomic E-state index is 11.9. The summed E-state index contributed by atoms with van der Waals surface area (Å²) in [5, 5.41) is 5.04. The molecule has 1 aromatic carbocycles. The van der Waals surface area contributed by atoms with Crippen LogP contribution in [0.5, 0.6) is 0 Å². The molecule has 0 aliphatic heterocycles. The lowest BCUT2D eigenvalue weighted by atomic mass is 10.2. The SMILES string of the molecule is Cc1ccc(NC(=O)C(=O)Nc2ccc(I)cc2C)nc1. The number of carbonyl (C=O) groups excluding carboxylic acids is 2. The van der Waals surface area contributed by atoms with Crippen molar-refractivity contribution in [2.24, 2.45) is 0 Å². The molecule has 5 nitrogen and oxygen atoms in total. The molecule has 0 saturated carbocycles. The zero-order chi connectivity index (χ0) is 15.4. The number of hydrogen-bond acceptors (Lipinski definition) is 3. The van der Waals surface area contributed by atoms with Gasteiger partial charge in [-0.25, -0.2) is 4.98 Å². The van der Waals surface area contributed by atoms with Crippen molar-refractivity contribution in [3.05, 3.63) is 51.2 Å². The first-order valence-electron chi connectivity index (χ1n) is 6.27. The largest absolute Gasteiger partial charge is 0.318 e. The minimum Gasteiger partial charge on any atom is -0.318 e. The molecule has 0 spiro atoms. The van der Waals surface area contributed by atoms with E-state index in [4.69, 9.17) is 0 Å². The van der Waals surface area contributed by atoms with Gasteiger partial charge in [0.05, 0.1) is 0 Å². The van der Waals surface area contributed by atoms with E-state index in [1.54, 1.807) is 18.3 Å². The number of hydrogen-bond donors (Lipinski definition) is 2. The van der Waals surface area contributed by atoms with Crippen molar-refractivity contribution in [3.8, 4) is 0 Å². The zero-order valence-corrected chi connectivity index (χ0v) is 13.8. The molecule has 0 atom stereocenters. The molecular weight excluding hydrogens is 381 g/mol. The Morgan fingerprint density at radius 1 is 1.05 bits per heavy atom. The summed E-state index contributed by atoms with van der Waals surface area (Å²) < 4.78 is 1.07. The third-order valence-electron chi connectivity index (χ3n) is 2.80. The van der Waals surface area contributed by atoms with Crippen LogP contribution in [-0.2, 0) is 9.59 Å². The highest BCUT2D eigenvalue weighted by Gasteiger charge is 2.15. The quantitative estimate of drug-likeness (QED) is 0.607. The van der Waals surface area contributed by atoms with E-state index in [9.17, 15) is 9.59 Å². The normalized spacial score (nSPS) is 10.0. The van der Waals surface area contributed by atoms with E-state index >= 15 is 0 Å². The average molecular weight is 395 g/mol. The van der Waals surface area contributed by atoms with Crippen molar-refractivity contribution >= 4 is 45.9 Å². The summed E-state index contributed by atoms with van der Waals surface area (Å²) in [5.74, 6) is -1.12. The summed E-state index contributed by atoms with van der Waals surface area (Å²) in [4.78, 5) is 27.7. The van der Waals surface area contributed by atoms with E-state index < -0.39 is 11.8 Å². The van der Waals surface area contributed by atoms with E-state index in [-0.39, 0.29) is 0 Å². The van der Waals surface area contributed by atoms with Crippen LogP contribution >= 0.6 is 22.6 Å². The molecule has 0 aliphatic carbocycles. The van der Waals surface area contributed by atoms with Crippen LogP contribution in [-0.4, -0.2) is 16.8 Å². The van der Waals surface area contributed by atoms with E-state index in [1.807, 2.05) is 32.0 Å². The van der Waals surface area contributed by atoms with E-state index in [0.29, 0.717) is 11.5 Å². The van der Waals surface area contributed by atoms with Crippen LogP contribution in [0.4, 0.5) is 11.5 Å². The molecule has 2 rings (SSSR count). The number of nitrogens with zero attached hydrogens (tertiary/aromatic N) is 1. The van der Waals surface area contributed by atoms with Gasteiger partial charge in [0, 0.05) is 15.5 Å². The lowest BCUT2D eigenvalue weighted by molar-refractivity contribution is -0.133. The van der Waals surface area contributed by atoms with Crippen LogP contribution in [0.3, 0.4) is 0 Å². The van der Waals surface area contributed by atoms with Gasteiger partial charge < -0.3 is 10.6 Å². The molecule has 1 heterocycles. The average Bonchev–Trinajstić information content (AvgIpc) is 2.44. The van der Waals surface area contributed by atoms with Crippen molar-refractivity contribution < 1.29 is 9.59 Å². The molecule has 0 aliphatic rings. The predicted octanol–water partition coefficient (Wildman–Crippen LogP) is 2.88. The van der Waals surface area contributed by atoms with Crippen molar-refractivity contribution in [3.63, 3.8) is 0 Å². The van der Waals surface area contributed by atoms with Crippen molar-refractivity contribution in [1.82, 2.24) is 4.98 Å². The first kappa shape index (κ1) is 15.4. The second-order valence-electron chi connectivity index (χ2n) is 4.59. The van der Waals surface area contributed by atoms with Gasteiger partial charge in [0.15, 0.2) is 0 Å². The molecule has 0 radical (unpaired) electrons. The lowest BCUT2D eigenvalue weighted by Crippen LogP contribution is -2.29. The highest BCUT2D eigenvalue weighted by atomic mass is 127. The molecular formula is C15H14IN3O2. The van der Waals surface area contributed by atoms with E-state index in [1.165, 1.54) is 0 Å². The Morgan fingerprint density at radius 2 is 1.76 bits per heavy atom. The number of aryl methyl sites for hydroxylation is 2. The molecule has 2 amide bonds. The van der Waals surface area contributed by atoms with Crippen LogP contribution in [0.15, 0.2) is 36.5 Å². The number of aromatic nitrogens is 1. The number of benzene rings is 1. The Hall–Kier alpha value is -1.96. The van der Waals surface area contributed by atoms with Crippen molar-refractivity contribution in [2.45, 2.75) is 13.8 Å². The number of anilines is 2. The molecule has 2 aromatic rings. The van der Waals surface area contributed by atoms with Crippen LogP contribution in [0, 0.1) is 17.4 Å².